The molecule has 0 bridgehead atoms. The third kappa shape index (κ3) is 2.52. The van der Waals surface area contributed by atoms with Gasteiger partial charge in [-0.05, 0) is 11.6 Å². The summed E-state index contributed by atoms with van der Waals surface area (Å²) in [5, 5.41) is 5.08. The molecule has 0 aliphatic carbocycles. The number of nitrogens with zero attached hydrogens (tertiary/aromatic N) is 1. The van der Waals surface area contributed by atoms with Crippen LogP contribution in [0.15, 0.2) is 24.3 Å². The third-order valence-corrected chi connectivity index (χ3v) is 5.14. The van der Waals surface area contributed by atoms with Gasteiger partial charge in [-0.2, -0.15) is 11.8 Å². The first kappa shape index (κ1) is 12.4. The van der Waals surface area contributed by atoms with E-state index in [0.717, 1.165) is 17.0 Å². The quantitative estimate of drug-likeness (QED) is 0.882. The Kier molecular flexibility index (Phi) is 3.53. The summed E-state index contributed by atoms with van der Waals surface area (Å²) in [6.45, 7) is 9.51. The highest BCUT2D eigenvalue weighted by atomic mass is 32.2. The number of rotatable bonds is 2. The zero-order valence-electron chi connectivity index (χ0n) is 11.2. The van der Waals surface area contributed by atoms with Crippen LogP contribution < -0.4 is 5.32 Å². The molecule has 1 saturated heterocycles. The lowest BCUT2D eigenvalue weighted by molar-refractivity contribution is 0.258. The molecule has 18 heavy (non-hydrogen) atoms. The lowest BCUT2D eigenvalue weighted by atomic mass is 10.0. The van der Waals surface area contributed by atoms with Gasteiger partial charge in [-0.1, -0.05) is 32.0 Å². The highest BCUT2D eigenvalue weighted by Gasteiger charge is 2.28. The second-order valence-electron chi connectivity index (χ2n) is 5.64. The molecular formula is C15H22N2S. The number of anilines is 1. The minimum atomic E-state index is 0.670. The Morgan fingerprint density at radius 3 is 2.72 bits per heavy atom. The molecule has 2 aliphatic heterocycles. The van der Waals surface area contributed by atoms with E-state index in [1.54, 1.807) is 0 Å². The molecule has 98 valence electrons. The Hall–Kier alpha value is -0.670. The Morgan fingerprint density at radius 1 is 1.22 bits per heavy atom. The number of hydrogen-bond donors (Lipinski definition) is 1. The number of thioether (sulfide) groups is 1. The van der Waals surface area contributed by atoms with E-state index in [0.29, 0.717) is 5.92 Å². The molecule has 0 amide bonds. The van der Waals surface area contributed by atoms with Gasteiger partial charge in [-0.3, -0.25) is 0 Å². The maximum absolute atomic E-state index is 3.53. The van der Waals surface area contributed by atoms with Crippen molar-refractivity contribution in [3.8, 4) is 0 Å². The van der Waals surface area contributed by atoms with Crippen molar-refractivity contribution in [3.63, 3.8) is 0 Å². The molecule has 0 aromatic heterocycles. The maximum Gasteiger partial charge on any atom is 0.0376 e. The fourth-order valence-corrected chi connectivity index (χ4v) is 4.65. The average Bonchev–Trinajstić information content (AvgIpc) is 2.72. The molecule has 1 aromatic rings. The Labute approximate surface area is 114 Å². The van der Waals surface area contributed by atoms with Gasteiger partial charge in [0, 0.05) is 48.3 Å². The number of benzene rings is 1. The van der Waals surface area contributed by atoms with Gasteiger partial charge in [-0.15, -0.1) is 0 Å². The van der Waals surface area contributed by atoms with E-state index in [4.69, 9.17) is 0 Å². The molecule has 3 heteroatoms. The number of nitrogens with one attached hydrogen (secondary N) is 1. The molecule has 2 aliphatic rings. The molecule has 1 aromatic carbocycles. The van der Waals surface area contributed by atoms with E-state index >= 15 is 0 Å². The molecule has 1 fully saturated rings. The molecule has 3 rings (SSSR count). The van der Waals surface area contributed by atoms with E-state index < -0.39 is 0 Å². The van der Waals surface area contributed by atoms with Crippen LogP contribution in [0, 0.1) is 0 Å². The van der Waals surface area contributed by atoms with Crippen molar-refractivity contribution in [1.29, 1.82) is 0 Å². The summed E-state index contributed by atoms with van der Waals surface area (Å²) in [5.41, 5.74) is 2.85. The SMILES string of the molecule is CC1CN(CC2CNc3ccccc32)CC(C)S1. The van der Waals surface area contributed by atoms with Crippen molar-refractivity contribution in [1.82, 2.24) is 4.90 Å². The zero-order valence-corrected chi connectivity index (χ0v) is 12.0. The van der Waals surface area contributed by atoms with E-state index in [1.165, 1.54) is 30.9 Å². The zero-order chi connectivity index (χ0) is 12.5. The lowest BCUT2D eigenvalue weighted by Gasteiger charge is -2.36. The van der Waals surface area contributed by atoms with Crippen LogP contribution in [-0.2, 0) is 0 Å². The topological polar surface area (TPSA) is 15.3 Å². The first-order valence-electron chi connectivity index (χ1n) is 6.93. The molecule has 3 atom stereocenters. The lowest BCUT2D eigenvalue weighted by Crippen LogP contribution is -2.42. The van der Waals surface area contributed by atoms with Crippen LogP contribution >= 0.6 is 11.8 Å². The minimum absolute atomic E-state index is 0.670. The van der Waals surface area contributed by atoms with Crippen LogP contribution in [0.4, 0.5) is 5.69 Å². The molecule has 0 radical (unpaired) electrons. The largest absolute Gasteiger partial charge is 0.384 e. The van der Waals surface area contributed by atoms with Crippen molar-refractivity contribution >= 4 is 17.4 Å². The molecular weight excluding hydrogens is 240 g/mol. The Morgan fingerprint density at radius 2 is 1.94 bits per heavy atom. The van der Waals surface area contributed by atoms with Crippen molar-refractivity contribution in [2.75, 3.05) is 31.5 Å². The molecule has 2 nitrogen and oxygen atoms in total. The van der Waals surface area contributed by atoms with Crippen LogP contribution in [0.5, 0.6) is 0 Å². The van der Waals surface area contributed by atoms with Gasteiger partial charge in [-0.25, -0.2) is 0 Å². The summed E-state index contributed by atoms with van der Waals surface area (Å²) in [6.07, 6.45) is 0. The predicted molar refractivity (Wildman–Crippen MR) is 80.6 cm³/mol. The summed E-state index contributed by atoms with van der Waals surface area (Å²) < 4.78 is 0. The fourth-order valence-electron chi connectivity index (χ4n) is 3.27. The second-order valence-corrected chi connectivity index (χ2v) is 7.52. The van der Waals surface area contributed by atoms with E-state index in [9.17, 15) is 0 Å². The van der Waals surface area contributed by atoms with Crippen LogP contribution in [0.25, 0.3) is 0 Å². The maximum atomic E-state index is 3.53. The summed E-state index contributed by atoms with van der Waals surface area (Å²) >= 11 is 2.13. The van der Waals surface area contributed by atoms with E-state index in [1.807, 2.05) is 0 Å². The van der Waals surface area contributed by atoms with Gasteiger partial charge < -0.3 is 10.2 Å². The summed E-state index contributed by atoms with van der Waals surface area (Å²) in [4.78, 5) is 2.65. The minimum Gasteiger partial charge on any atom is -0.384 e. The van der Waals surface area contributed by atoms with E-state index in [2.05, 4.69) is 60.1 Å². The van der Waals surface area contributed by atoms with Crippen LogP contribution in [0.2, 0.25) is 0 Å². The van der Waals surface area contributed by atoms with Crippen molar-refractivity contribution < 1.29 is 0 Å². The van der Waals surface area contributed by atoms with E-state index in [-0.39, 0.29) is 0 Å². The van der Waals surface area contributed by atoms with Crippen LogP contribution in [-0.4, -0.2) is 41.6 Å². The number of hydrogen-bond acceptors (Lipinski definition) is 3. The molecule has 2 heterocycles. The first-order valence-corrected chi connectivity index (χ1v) is 7.87. The highest BCUT2D eigenvalue weighted by molar-refractivity contribution is 8.00. The van der Waals surface area contributed by atoms with Crippen LogP contribution in [0.1, 0.15) is 25.3 Å². The van der Waals surface area contributed by atoms with Gasteiger partial charge in [0.1, 0.15) is 0 Å². The Bertz CT molecular complexity index is 411. The predicted octanol–water partition coefficient (Wildman–Crippen LogP) is 3.02. The second kappa shape index (κ2) is 5.14. The molecule has 1 N–H and O–H groups in total. The first-order chi connectivity index (χ1) is 8.72. The average molecular weight is 262 g/mol. The molecule has 3 unspecified atom stereocenters. The van der Waals surface area contributed by atoms with Crippen molar-refractivity contribution in [2.45, 2.75) is 30.3 Å². The van der Waals surface area contributed by atoms with Crippen molar-refractivity contribution in [3.05, 3.63) is 29.8 Å². The van der Waals surface area contributed by atoms with Crippen LogP contribution in [0.3, 0.4) is 0 Å². The fraction of sp³-hybridized carbons (Fsp3) is 0.600. The highest BCUT2D eigenvalue weighted by Crippen LogP contribution is 2.33. The van der Waals surface area contributed by atoms with Gasteiger partial charge in [0.25, 0.3) is 0 Å². The summed E-state index contributed by atoms with van der Waals surface area (Å²) in [7, 11) is 0. The summed E-state index contributed by atoms with van der Waals surface area (Å²) in [5.74, 6) is 0.670. The van der Waals surface area contributed by atoms with Gasteiger partial charge in [0.2, 0.25) is 0 Å². The summed E-state index contributed by atoms with van der Waals surface area (Å²) in [6, 6.07) is 8.77. The molecule has 0 saturated carbocycles. The van der Waals surface area contributed by atoms with Crippen molar-refractivity contribution in [2.24, 2.45) is 0 Å². The Balaban J connectivity index is 1.67. The monoisotopic (exact) mass is 262 g/mol. The number of fused-ring (bicyclic) bond motifs is 1. The van der Waals surface area contributed by atoms with Gasteiger partial charge in [0.15, 0.2) is 0 Å². The normalized spacial score (nSPS) is 32.0. The van der Waals surface area contributed by atoms with Gasteiger partial charge in [0.05, 0.1) is 0 Å². The van der Waals surface area contributed by atoms with Gasteiger partial charge >= 0.3 is 0 Å². The third-order valence-electron chi connectivity index (χ3n) is 3.91. The smallest absolute Gasteiger partial charge is 0.0376 e. The number of para-hydroxylation sites is 1. The molecule has 0 spiro atoms. The standard InChI is InChI=1S/C15H22N2S/c1-11-8-17(9-12(2)18-11)10-13-7-16-15-6-4-3-5-14(13)15/h3-6,11-13,16H,7-10H2,1-2H3.